The molecule has 1 aromatic carbocycles. The summed E-state index contributed by atoms with van der Waals surface area (Å²) < 4.78 is 5.27. The van der Waals surface area contributed by atoms with Gasteiger partial charge in [0.05, 0.1) is 6.04 Å². The molecule has 1 fully saturated rings. The van der Waals surface area contributed by atoms with E-state index in [1.165, 1.54) is 6.08 Å². The summed E-state index contributed by atoms with van der Waals surface area (Å²) in [6, 6.07) is 9.13. The fourth-order valence-corrected chi connectivity index (χ4v) is 2.07. The van der Waals surface area contributed by atoms with E-state index in [-0.39, 0.29) is 11.9 Å². The van der Waals surface area contributed by atoms with E-state index in [9.17, 15) is 9.59 Å². The fourth-order valence-electron chi connectivity index (χ4n) is 2.07. The highest BCUT2D eigenvalue weighted by atomic mass is 16.6. The maximum atomic E-state index is 11.8. The van der Waals surface area contributed by atoms with Crippen molar-refractivity contribution in [2.45, 2.75) is 26.0 Å². The molecule has 2 amide bonds. The lowest BCUT2D eigenvalue weighted by molar-refractivity contribution is -0.124. The van der Waals surface area contributed by atoms with E-state index in [2.05, 4.69) is 0 Å². The van der Waals surface area contributed by atoms with E-state index in [4.69, 9.17) is 4.74 Å². The van der Waals surface area contributed by atoms with E-state index in [1.807, 2.05) is 37.3 Å². The zero-order chi connectivity index (χ0) is 13.1. The Morgan fingerprint density at radius 2 is 2.00 bits per heavy atom. The van der Waals surface area contributed by atoms with Crippen molar-refractivity contribution in [2.75, 3.05) is 0 Å². The van der Waals surface area contributed by atoms with Gasteiger partial charge in [-0.2, -0.15) is 0 Å². The largest absolute Gasteiger partial charge is 0.439 e. The maximum Gasteiger partial charge on any atom is 0.417 e. The number of hydrogen-bond donors (Lipinski definition) is 0. The van der Waals surface area contributed by atoms with Crippen molar-refractivity contribution < 1.29 is 14.3 Å². The number of imide groups is 1. The van der Waals surface area contributed by atoms with Gasteiger partial charge in [-0.1, -0.05) is 36.4 Å². The van der Waals surface area contributed by atoms with E-state index in [0.717, 1.165) is 10.5 Å². The third-order valence-corrected chi connectivity index (χ3v) is 2.94. The molecule has 1 saturated heterocycles. The average molecular weight is 245 g/mol. The summed E-state index contributed by atoms with van der Waals surface area (Å²) in [4.78, 5) is 24.7. The molecule has 0 aromatic heterocycles. The van der Waals surface area contributed by atoms with Crippen molar-refractivity contribution in [3.05, 3.63) is 48.0 Å². The Kier molecular flexibility index (Phi) is 3.46. The van der Waals surface area contributed by atoms with Gasteiger partial charge in [0, 0.05) is 0 Å². The first-order valence-electron chi connectivity index (χ1n) is 5.86. The minimum atomic E-state index is -0.584. The summed E-state index contributed by atoms with van der Waals surface area (Å²) in [5.41, 5.74) is 0.897. The maximum absolute atomic E-state index is 11.8. The molecule has 1 aliphatic rings. The Hall–Kier alpha value is -2.10. The predicted octanol–water partition coefficient (Wildman–Crippen LogP) is 2.67. The first-order valence-corrected chi connectivity index (χ1v) is 5.86. The summed E-state index contributed by atoms with van der Waals surface area (Å²) in [5, 5.41) is 0. The normalized spacial score (nSPS) is 23.4. The van der Waals surface area contributed by atoms with Crippen molar-refractivity contribution in [1.82, 2.24) is 4.90 Å². The Bertz CT molecular complexity index is 481. The second-order valence-corrected chi connectivity index (χ2v) is 4.16. The fraction of sp³-hybridized carbons (Fsp3) is 0.286. The molecular formula is C14H15NO3. The van der Waals surface area contributed by atoms with Crippen LogP contribution in [-0.2, 0) is 9.53 Å². The molecule has 0 unspecified atom stereocenters. The molecule has 1 heterocycles. The van der Waals surface area contributed by atoms with Gasteiger partial charge in [0.2, 0.25) is 0 Å². The molecule has 0 aliphatic carbocycles. The van der Waals surface area contributed by atoms with Crippen molar-refractivity contribution >= 4 is 12.0 Å². The zero-order valence-corrected chi connectivity index (χ0v) is 10.4. The number of carbonyl (C=O) groups is 2. The zero-order valence-electron chi connectivity index (χ0n) is 10.4. The van der Waals surface area contributed by atoms with Crippen molar-refractivity contribution in [3.8, 4) is 0 Å². The van der Waals surface area contributed by atoms with Crippen LogP contribution in [0.15, 0.2) is 42.5 Å². The molecule has 94 valence electrons. The second kappa shape index (κ2) is 5.04. The van der Waals surface area contributed by atoms with E-state index < -0.39 is 12.2 Å². The second-order valence-electron chi connectivity index (χ2n) is 4.16. The number of allylic oxidation sites excluding steroid dienone is 1. The highest BCUT2D eigenvalue weighted by Gasteiger charge is 2.42. The molecule has 0 spiro atoms. The first-order chi connectivity index (χ1) is 8.65. The SMILES string of the molecule is C/C=C/C(=O)N1C(=O)O[C@@H](c2ccccc2)[C@H]1C. The number of ether oxygens (including phenoxy) is 1. The Morgan fingerprint density at radius 1 is 1.33 bits per heavy atom. The van der Waals surface area contributed by atoms with Gasteiger partial charge in [0.15, 0.2) is 0 Å². The number of cyclic esters (lactones) is 1. The van der Waals surface area contributed by atoms with Gasteiger partial charge in [-0.15, -0.1) is 0 Å². The van der Waals surface area contributed by atoms with Gasteiger partial charge >= 0.3 is 6.09 Å². The third-order valence-electron chi connectivity index (χ3n) is 2.94. The highest BCUT2D eigenvalue weighted by Crippen LogP contribution is 2.32. The number of amides is 2. The Labute approximate surface area is 106 Å². The molecule has 1 aromatic rings. The lowest BCUT2D eigenvalue weighted by Crippen LogP contribution is -2.36. The van der Waals surface area contributed by atoms with Crippen LogP contribution in [0.4, 0.5) is 4.79 Å². The van der Waals surface area contributed by atoms with Crippen LogP contribution in [0.2, 0.25) is 0 Å². The summed E-state index contributed by atoms with van der Waals surface area (Å²) in [6.07, 6.45) is 2.00. The van der Waals surface area contributed by atoms with Crippen LogP contribution in [-0.4, -0.2) is 22.9 Å². The number of hydrogen-bond acceptors (Lipinski definition) is 3. The molecular weight excluding hydrogens is 230 g/mol. The summed E-state index contributed by atoms with van der Waals surface area (Å²) in [7, 11) is 0. The smallest absolute Gasteiger partial charge is 0.417 e. The van der Waals surface area contributed by atoms with Crippen LogP contribution in [0.5, 0.6) is 0 Å². The minimum Gasteiger partial charge on any atom is -0.439 e. The quantitative estimate of drug-likeness (QED) is 0.752. The standard InChI is InChI=1S/C14H15NO3/c1-3-7-12(16)15-10(2)13(18-14(15)17)11-8-5-4-6-9-11/h3-10,13H,1-2H3/b7-3+/t10-,13-/m1/s1. The Balaban J connectivity index is 2.24. The van der Waals surface area contributed by atoms with Crippen LogP contribution in [0.3, 0.4) is 0 Å². The van der Waals surface area contributed by atoms with Crippen LogP contribution in [0.1, 0.15) is 25.5 Å². The van der Waals surface area contributed by atoms with Gasteiger partial charge in [0.1, 0.15) is 6.10 Å². The summed E-state index contributed by atoms with van der Waals surface area (Å²) in [6.45, 7) is 3.54. The molecule has 1 aliphatic heterocycles. The monoisotopic (exact) mass is 245 g/mol. The van der Waals surface area contributed by atoms with Crippen LogP contribution in [0, 0.1) is 0 Å². The topological polar surface area (TPSA) is 46.6 Å². The third kappa shape index (κ3) is 2.14. The van der Waals surface area contributed by atoms with Gasteiger partial charge < -0.3 is 4.74 Å². The molecule has 18 heavy (non-hydrogen) atoms. The van der Waals surface area contributed by atoms with Gasteiger partial charge in [0.25, 0.3) is 5.91 Å². The van der Waals surface area contributed by atoms with Crippen molar-refractivity contribution in [1.29, 1.82) is 0 Å². The van der Waals surface area contributed by atoms with Crippen LogP contribution >= 0.6 is 0 Å². The number of carbonyl (C=O) groups excluding carboxylic acids is 2. The Morgan fingerprint density at radius 3 is 2.61 bits per heavy atom. The first kappa shape index (κ1) is 12.4. The number of benzene rings is 1. The van der Waals surface area contributed by atoms with E-state index in [0.29, 0.717) is 0 Å². The lowest BCUT2D eigenvalue weighted by atomic mass is 10.0. The number of rotatable bonds is 2. The lowest BCUT2D eigenvalue weighted by Gasteiger charge is -2.17. The molecule has 0 N–H and O–H groups in total. The van der Waals surface area contributed by atoms with Gasteiger partial charge in [-0.25, -0.2) is 9.69 Å². The molecule has 2 atom stereocenters. The van der Waals surface area contributed by atoms with Crippen molar-refractivity contribution in [3.63, 3.8) is 0 Å². The molecule has 0 radical (unpaired) electrons. The van der Waals surface area contributed by atoms with Gasteiger partial charge in [-0.3, -0.25) is 4.79 Å². The predicted molar refractivity (Wildman–Crippen MR) is 66.8 cm³/mol. The van der Waals surface area contributed by atoms with Crippen molar-refractivity contribution in [2.24, 2.45) is 0 Å². The van der Waals surface area contributed by atoms with E-state index >= 15 is 0 Å². The number of nitrogens with zero attached hydrogens (tertiary/aromatic N) is 1. The summed E-state index contributed by atoms with van der Waals surface area (Å²) in [5.74, 6) is -0.339. The average Bonchev–Trinajstić information content (AvgIpc) is 2.66. The highest BCUT2D eigenvalue weighted by molar-refractivity contribution is 5.99. The molecule has 0 saturated carbocycles. The molecule has 4 heteroatoms. The molecule has 4 nitrogen and oxygen atoms in total. The summed E-state index contributed by atoms with van der Waals surface area (Å²) >= 11 is 0. The van der Waals surface area contributed by atoms with Gasteiger partial charge in [-0.05, 0) is 25.5 Å². The van der Waals surface area contributed by atoms with Crippen LogP contribution < -0.4 is 0 Å². The van der Waals surface area contributed by atoms with E-state index in [1.54, 1.807) is 13.0 Å². The minimum absolute atomic E-state index is 0.302. The molecule has 2 rings (SSSR count). The molecule has 0 bridgehead atoms. The van der Waals surface area contributed by atoms with Crippen LogP contribution in [0.25, 0.3) is 0 Å².